The van der Waals surface area contributed by atoms with Crippen LogP contribution >= 0.6 is 15.9 Å². The van der Waals surface area contributed by atoms with Crippen molar-refractivity contribution in [3.8, 4) is 0 Å². The Kier molecular flexibility index (Phi) is 3.48. The summed E-state index contributed by atoms with van der Waals surface area (Å²) >= 11 is 3.56. The molecule has 0 radical (unpaired) electrons. The molecule has 20 heavy (non-hydrogen) atoms. The van der Waals surface area contributed by atoms with E-state index >= 15 is 0 Å². The second kappa shape index (κ2) is 5.28. The predicted molar refractivity (Wildman–Crippen MR) is 80.2 cm³/mol. The van der Waals surface area contributed by atoms with Crippen LogP contribution in [0, 0.1) is 4.91 Å². The molecule has 3 rings (SSSR count). The Morgan fingerprint density at radius 1 is 1.30 bits per heavy atom. The number of aromatic nitrogens is 2. The number of nitrogen functional groups attached to an aromatic ring is 1. The van der Waals surface area contributed by atoms with Crippen LogP contribution in [0.2, 0.25) is 0 Å². The summed E-state index contributed by atoms with van der Waals surface area (Å²) in [4.78, 5) is 19.4. The molecule has 0 saturated heterocycles. The average Bonchev–Trinajstić information content (AvgIpc) is 2.46. The van der Waals surface area contributed by atoms with Crippen molar-refractivity contribution in [2.24, 2.45) is 5.18 Å². The monoisotopic (exact) mass is 332 g/mol. The lowest BCUT2D eigenvalue weighted by Gasteiger charge is -2.27. The maximum Gasteiger partial charge on any atom is 0.220 e. The molecular weight excluding hydrogens is 320 g/mol. The Labute approximate surface area is 124 Å². The molecule has 1 aliphatic rings. The zero-order valence-electron chi connectivity index (χ0n) is 10.7. The smallest absolute Gasteiger partial charge is 0.220 e. The predicted octanol–water partition coefficient (Wildman–Crippen LogP) is 3.36. The third-order valence-corrected chi connectivity index (χ3v) is 4.42. The Bertz CT molecular complexity index is 661. The molecule has 2 atom stereocenters. The van der Waals surface area contributed by atoms with Crippen LogP contribution in [0.25, 0.3) is 0 Å². The lowest BCUT2D eigenvalue weighted by molar-refractivity contribution is 0.491. The van der Waals surface area contributed by atoms with Crippen LogP contribution in [0.5, 0.6) is 0 Å². The third kappa shape index (κ3) is 2.31. The summed E-state index contributed by atoms with van der Waals surface area (Å²) in [6.07, 6.45) is 3.04. The number of fused-ring (bicyclic) bond motifs is 1. The summed E-state index contributed by atoms with van der Waals surface area (Å²) in [5, 5.41) is 3.24. The summed E-state index contributed by atoms with van der Waals surface area (Å²) in [6, 6.07) is 7.62. The first-order valence-corrected chi connectivity index (χ1v) is 7.16. The van der Waals surface area contributed by atoms with Crippen molar-refractivity contribution >= 4 is 21.9 Å². The first kappa shape index (κ1) is 13.2. The highest BCUT2D eigenvalue weighted by atomic mass is 79.9. The van der Waals surface area contributed by atoms with E-state index in [1.165, 1.54) is 5.56 Å². The van der Waals surface area contributed by atoms with Gasteiger partial charge in [0.25, 0.3) is 0 Å². The Balaban J connectivity index is 2.02. The van der Waals surface area contributed by atoms with E-state index in [-0.39, 0.29) is 11.9 Å². The number of nitrogens with two attached hydrogens (primary N) is 1. The maximum absolute atomic E-state index is 11.1. The van der Waals surface area contributed by atoms with Crippen LogP contribution in [0.15, 0.2) is 40.1 Å². The highest BCUT2D eigenvalue weighted by Crippen LogP contribution is 2.41. The zero-order chi connectivity index (χ0) is 14.1. The van der Waals surface area contributed by atoms with Gasteiger partial charge in [-0.1, -0.05) is 39.3 Å². The van der Waals surface area contributed by atoms with Gasteiger partial charge >= 0.3 is 0 Å². The third-order valence-electron chi connectivity index (χ3n) is 3.70. The SMILES string of the molecule is Nc1ncc2c(n1)CC(c1ccccc1Br)CC2N=O. The minimum absolute atomic E-state index is 0.204. The number of halogens is 1. The average molecular weight is 333 g/mol. The lowest BCUT2D eigenvalue weighted by atomic mass is 9.80. The number of hydrogen-bond acceptors (Lipinski definition) is 5. The first-order chi connectivity index (χ1) is 9.69. The fourth-order valence-electron chi connectivity index (χ4n) is 2.74. The van der Waals surface area contributed by atoms with Gasteiger partial charge in [-0.15, -0.1) is 0 Å². The molecule has 1 aromatic heterocycles. The van der Waals surface area contributed by atoms with Gasteiger partial charge in [0.05, 0.1) is 5.69 Å². The van der Waals surface area contributed by atoms with E-state index in [2.05, 4.69) is 37.1 Å². The quantitative estimate of drug-likeness (QED) is 0.855. The molecule has 0 fully saturated rings. The van der Waals surface area contributed by atoms with Crippen molar-refractivity contribution in [3.05, 3.63) is 56.7 Å². The standard InChI is InChI=1S/C14H13BrN4O/c15-11-4-2-1-3-9(11)8-5-12-10(13(6-8)19-20)7-17-14(16)18-12/h1-4,7-8,13H,5-6H2,(H2,16,17,18). The van der Waals surface area contributed by atoms with Crippen LogP contribution in [-0.4, -0.2) is 9.97 Å². The summed E-state index contributed by atoms with van der Waals surface area (Å²) in [5.41, 5.74) is 8.44. The second-order valence-electron chi connectivity index (χ2n) is 4.91. The first-order valence-electron chi connectivity index (χ1n) is 6.37. The molecule has 5 nitrogen and oxygen atoms in total. The van der Waals surface area contributed by atoms with Crippen LogP contribution < -0.4 is 5.73 Å². The fraction of sp³-hybridized carbons (Fsp3) is 0.286. The van der Waals surface area contributed by atoms with E-state index in [0.717, 1.165) is 22.2 Å². The lowest BCUT2D eigenvalue weighted by Crippen LogP contribution is -2.19. The molecule has 2 aromatic rings. The van der Waals surface area contributed by atoms with Crippen molar-refractivity contribution < 1.29 is 0 Å². The van der Waals surface area contributed by atoms with Gasteiger partial charge in [0, 0.05) is 16.2 Å². The van der Waals surface area contributed by atoms with E-state index in [4.69, 9.17) is 5.73 Å². The van der Waals surface area contributed by atoms with E-state index in [1.807, 2.05) is 18.2 Å². The molecule has 6 heteroatoms. The van der Waals surface area contributed by atoms with E-state index < -0.39 is 6.04 Å². The molecule has 1 aliphatic carbocycles. The van der Waals surface area contributed by atoms with Crippen molar-refractivity contribution in [2.45, 2.75) is 24.8 Å². The zero-order valence-corrected chi connectivity index (χ0v) is 12.2. The van der Waals surface area contributed by atoms with Gasteiger partial charge < -0.3 is 5.73 Å². The van der Waals surface area contributed by atoms with Gasteiger partial charge in [-0.25, -0.2) is 9.97 Å². The van der Waals surface area contributed by atoms with Crippen LogP contribution in [-0.2, 0) is 6.42 Å². The summed E-state index contributed by atoms with van der Waals surface area (Å²) in [6.45, 7) is 0. The summed E-state index contributed by atoms with van der Waals surface area (Å²) in [5.74, 6) is 0.441. The number of rotatable bonds is 2. The fourth-order valence-corrected chi connectivity index (χ4v) is 3.35. The number of nitroso groups, excluding NO2 is 1. The molecule has 0 saturated carbocycles. The number of anilines is 1. The van der Waals surface area contributed by atoms with Gasteiger partial charge in [0.2, 0.25) is 5.95 Å². The van der Waals surface area contributed by atoms with Crippen LogP contribution in [0.1, 0.15) is 35.2 Å². The number of benzene rings is 1. The van der Waals surface area contributed by atoms with E-state index in [1.54, 1.807) is 6.20 Å². The molecule has 0 amide bonds. The summed E-state index contributed by atoms with van der Waals surface area (Å²) in [7, 11) is 0. The molecule has 2 N–H and O–H groups in total. The molecule has 0 bridgehead atoms. The normalized spacial score (nSPS) is 21.2. The van der Waals surface area contributed by atoms with Crippen molar-refractivity contribution in [1.82, 2.24) is 9.97 Å². The van der Waals surface area contributed by atoms with E-state index in [0.29, 0.717) is 6.42 Å². The van der Waals surface area contributed by atoms with Gasteiger partial charge in [-0.3, -0.25) is 0 Å². The minimum atomic E-state index is -0.406. The number of hydrogen-bond donors (Lipinski definition) is 1. The van der Waals surface area contributed by atoms with E-state index in [9.17, 15) is 4.91 Å². The van der Waals surface area contributed by atoms with Gasteiger partial charge in [-0.2, -0.15) is 4.91 Å². The Morgan fingerprint density at radius 2 is 2.10 bits per heavy atom. The Hall–Kier alpha value is -1.82. The maximum atomic E-state index is 11.1. The number of nitrogens with zero attached hydrogens (tertiary/aromatic N) is 3. The molecule has 1 aromatic carbocycles. The molecule has 1 heterocycles. The highest BCUT2D eigenvalue weighted by molar-refractivity contribution is 9.10. The highest BCUT2D eigenvalue weighted by Gasteiger charge is 2.31. The van der Waals surface area contributed by atoms with Gasteiger partial charge in [-0.05, 0) is 30.4 Å². The topological polar surface area (TPSA) is 81.2 Å². The minimum Gasteiger partial charge on any atom is -0.368 e. The van der Waals surface area contributed by atoms with Gasteiger partial charge in [0.15, 0.2) is 0 Å². The Morgan fingerprint density at radius 3 is 2.85 bits per heavy atom. The largest absolute Gasteiger partial charge is 0.368 e. The molecule has 2 unspecified atom stereocenters. The van der Waals surface area contributed by atoms with Crippen molar-refractivity contribution in [1.29, 1.82) is 0 Å². The van der Waals surface area contributed by atoms with Crippen LogP contribution in [0.3, 0.4) is 0 Å². The van der Waals surface area contributed by atoms with Crippen molar-refractivity contribution in [2.75, 3.05) is 5.73 Å². The molecule has 102 valence electrons. The molecular formula is C14H13BrN4O. The molecule has 0 spiro atoms. The van der Waals surface area contributed by atoms with Crippen LogP contribution in [0.4, 0.5) is 5.95 Å². The molecule has 0 aliphatic heterocycles. The summed E-state index contributed by atoms with van der Waals surface area (Å²) < 4.78 is 1.04. The van der Waals surface area contributed by atoms with Gasteiger partial charge in [0.1, 0.15) is 6.04 Å². The van der Waals surface area contributed by atoms with Crippen molar-refractivity contribution in [3.63, 3.8) is 0 Å². The second-order valence-corrected chi connectivity index (χ2v) is 5.76.